The van der Waals surface area contributed by atoms with Gasteiger partial charge in [0.25, 0.3) is 0 Å². The lowest BCUT2D eigenvalue weighted by Gasteiger charge is -2.06. The van der Waals surface area contributed by atoms with E-state index in [1.165, 1.54) is 55.6 Å². The van der Waals surface area contributed by atoms with E-state index >= 15 is 0 Å². The van der Waals surface area contributed by atoms with Gasteiger partial charge in [0.15, 0.2) is 5.78 Å². The summed E-state index contributed by atoms with van der Waals surface area (Å²) in [4.78, 5) is 46.3. The number of carbonyl (C=O) groups is 4. The monoisotopic (exact) mass is 450 g/mol. The minimum absolute atomic E-state index is 0.268. The molecule has 0 saturated carbocycles. The van der Waals surface area contributed by atoms with Crippen molar-refractivity contribution in [1.29, 1.82) is 0 Å². The Balaban J connectivity index is 1.67. The molecular weight excluding hydrogens is 432 g/mol. The smallest absolute Gasteiger partial charge is 0.372 e. The summed E-state index contributed by atoms with van der Waals surface area (Å²) >= 11 is 1.79. The fraction of sp³-hybridized carbons (Fsp3) is 0.200. The summed E-state index contributed by atoms with van der Waals surface area (Å²) in [5.41, 5.74) is 0.661. The molecule has 30 heavy (non-hydrogen) atoms. The number of aliphatic hydroxyl groups excluding tert-OH is 1. The summed E-state index contributed by atoms with van der Waals surface area (Å²) in [6, 6.07) is 11.8. The summed E-state index contributed by atoms with van der Waals surface area (Å²) in [5, 5.41) is 7.70. The molecule has 2 aromatic rings. The maximum absolute atomic E-state index is 11.8. The fourth-order valence-corrected chi connectivity index (χ4v) is 3.39. The molecule has 2 aromatic carbocycles. The first-order valence-electron chi connectivity index (χ1n) is 8.54. The SMILES string of the molecule is COC(=O)c1ccc(OC(=O)SCCSC(=O)Oc2ccc(C(=O)CO)cc2)cc1. The summed E-state index contributed by atoms with van der Waals surface area (Å²) < 4.78 is 14.8. The Hall–Kier alpha value is -2.82. The highest BCUT2D eigenvalue weighted by molar-refractivity contribution is 8.16. The van der Waals surface area contributed by atoms with Crippen LogP contribution >= 0.6 is 23.5 Å². The van der Waals surface area contributed by atoms with Crippen LogP contribution in [0.25, 0.3) is 0 Å². The van der Waals surface area contributed by atoms with E-state index in [4.69, 9.17) is 14.6 Å². The summed E-state index contributed by atoms with van der Waals surface area (Å²) in [7, 11) is 1.28. The van der Waals surface area contributed by atoms with Gasteiger partial charge in [0.1, 0.15) is 18.1 Å². The number of benzene rings is 2. The number of Topliss-reactive ketones (excluding diaryl/α,β-unsaturated/α-hetero) is 1. The van der Waals surface area contributed by atoms with E-state index in [0.29, 0.717) is 22.6 Å². The highest BCUT2D eigenvalue weighted by atomic mass is 32.2. The van der Waals surface area contributed by atoms with Crippen LogP contribution in [0, 0.1) is 0 Å². The second kappa shape index (κ2) is 12.0. The minimum Gasteiger partial charge on any atom is -0.465 e. The van der Waals surface area contributed by atoms with Gasteiger partial charge in [0, 0.05) is 17.1 Å². The topological polar surface area (TPSA) is 116 Å². The van der Waals surface area contributed by atoms with E-state index in [9.17, 15) is 19.2 Å². The second-order valence-electron chi connectivity index (χ2n) is 5.52. The van der Waals surface area contributed by atoms with Crippen LogP contribution in [0.4, 0.5) is 9.59 Å². The summed E-state index contributed by atoms with van der Waals surface area (Å²) in [5.74, 6) is 0.287. The molecule has 0 saturated heterocycles. The van der Waals surface area contributed by atoms with Crippen molar-refractivity contribution >= 4 is 45.9 Å². The highest BCUT2D eigenvalue weighted by Gasteiger charge is 2.11. The minimum atomic E-state index is -0.589. The van der Waals surface area contributed by atoms with E-state index in [1.54, 1.807) is 0 Å². The molecule has 0 heterocycles. The first-order valence-corrected chi connectivity index (χ1v) is 10.5. The number of ether oxygens (including phenoxy) is 3. The lowest BCUT2D eigenvalue weighted by molar-refractivity contribution is 0.0600. The lowest BCUT2D eigenvalue weighted by Crippen LogP contribution is -2.06. The second-order valence-corrected chi connectivity index (χ2v) is 7.58. The van der Waals surface area contributed by atoms with Crippen molar-refractivity contribution in [2.45, 2.75) is 0 Å². The Kier molecular flexibility index (Phi) is 9.39. The number of hydrogen-bond acceptors (Lipinski definition) is 10. The average molecular weight is 450 g/mol. The molecule has 0 aliphatic heterocycles. The molecule has 0 amide bonds. The molecule has 0 aliphatic rings. The van der Waals surface area contributed by atoms with Crippen molar-refractivity contribution < 1.29 is 38.5 Å². The predicted octanol–water partition coefficient (Wildman–Crippen LogP) is 3.81. The van der Waals surface area contributed by atoms with Crippen molar-refractivity contribution in [1.82, 2.24) is 0 Å². The molecule has 158 valence electrons. The molecule has 1 N–H and O–H groups in total. The Labute approximate surface area is 180 Å². The van der Waals surface area contributed by atoms with Crippen LogP contribution in [0.3, 0.4) is 0 Å². The van der Waals surface area contributed by atoms with Crippen molar-refractivity contribution in [2.75, 3.05) is 25.2 Å². The molecule has 0 spiro atoms. The quantitative estimate of drug-likeness (QED) is 0.361. The van der Waals surface area contributed by atoms with Crippen LogP contribution < -0.4 is 9.47 Å². The van der Waals surface area contributed by atoms with Gasteiger partial charge in [-0.1, -0.05) is 0 Å². The molecule has 0 radical (unpaired) electrons. The zero-order chi connectivity index (χ0) is 21.9. The first-order chi connectivity index (χ1) is 14.4. The van der Waals surface area contributed by atoms with Crippen LogP contribution in [-0.4, -0.2) is 52.7 Å². The number of thioether (sulfide) groups is 2. The number of aliphatic hydroxyl groups is 1. The van der Waals surface area contributed by atoms with E-state index in [-0.39, 0.29) is 11.5 Å². The fourth-order valence-electron chi connectivity index (χ4n) is 2.08. The third-order valence-corrected chi connectivity index (χ3v) is 5.23. The standard InChI is InChI=1S/C20H18O8S2/c1-26-18(23)14-4-8-16(9-5-14)28-20(25)30-11-10-29-19(24)27-15-6-2-13(3-7-15)17(22)12-21/h2-9,21H,10-12H2,1H3. The van der Waals surface area contributed by atoms with E-state index in [0.717, 1.165) is 23.5 Å². The normalized spacial score (nSPS) is 10.2. The van der Waals surface area contributed by atoms with E-state index in [1.807, 2.05) is 0 Å². The molecule has 2 rings (SSSR count). The molecule has 8 nitrogen and oxygen atoms in total. The highest BCUT2D eigenvalue weighted by Crippen LogP contribution is 2.19. The van der Waals surface area contributed by atoms with Crippen LogP contribution in [0.15, 0.2) is 48.5 Å². The molecule has 0 bridgehead atoms. The Bertz CT molecular complexity index is 819. The van der Waals surface area contributed by atoms with Gasteiger partial charge in [-0.15, -0.1) is 0 Å². The number of hydrogen-bond donors (Lipinski definition) is 1. The molecular formula is C20H18O8S2. The molecule has 0 aliphatic carbocycles. The summed E-state index contributed by atoms with van der Waals surface area (Å²) in [6.45, 7) is -0.589. The summed E-state index contributed by atoms with van der Waals surface area (Å²) in [6.07, 6.45) is 0. The number of methoxy groups -OCH3 is 1. The van der Waals surface area contributed by atoms with E-state index < -0.39 is 29.0 Å². The Morgan fingerprint density at radius 2 is 1.20 bits per heavy atom. The van der Waals surface area contributed by atoms with E-state index in [2.05, 4.69) is 4.74 Å². The van der Waals surface area contributed by atoms with Gasteiger partial charge in [0.05, 0.1) is 12.7 Å². The molecule has 0 unspecified atom stereocenters. The van der Waals surface area contributed by atoms with Crippen molar-refractivity contribution in [3.05, 3.63) is 59.7 Å². The largest absolute Gasteiger partial charge is 0.465 e. The van der Waals surface area contributed by atoms with Gasteiger partial charge in [-0.05, 0) is 72.1 Å². The molecule has 0 atom stereocenters. The van der Waals surface area contributed by atoms with Gasteiger partial charge < -0.3 is 19.3 Å². The molecule has 0 aromatic heterocycles. The molecule has 10 heteroatoms. The zero-order valence-electron chi connectivity index (χ0n) is 15.9. The number of esters is 1. The lowest BCUT2D eigenvalue weighted by atomic mass is 10.1. The van der Waals surface area contributed by atoms with Crippen LogP contribution in [0.1, 0.15) is 20.7 Å². The zero-order valence-corrected chi connectivity index (χ0v) is 17.5. The van der Waals surface area contributed by atoms with Gasteiger partial charge in [-0.25, -0.2) is 14.4 Å². The number of rotatable bonds is 8. The molecule has 0 fully saturated rings. The first kappa shape index (κ1) is 23.5. The number of carbonyl (C=O) groups excluding carboxylic acids is 4. The number of ketones is 1. The van der Waals surface area contributed by atoms with Crippen molar-refractivity contribution in [3.8, 4) is 11.5 Å². The Morgan fingerprint density at radius 1 is 0.767 bits per heavy atom. The Morgan fingerprint density at radius 3 is 1.60 bits per heavy atom. The van der Waals surface area contributed by atoms with Gasteiger partial charge >= 0.3 is 16.6 Å². The van der Waals surface area contributed by atoms with Crippen LogP contribution in [0.5, 0.6) is 11.5 Å². The van der Waals surface area contributed by atoms with Crippen molar-refractivity contribution in [2.24, 2.45) is 0 Å². The third kappa shape index (κ3) is 7.54. The van der Waals surface area contributed by atoms with Gasteiger partial charge in [0.2, 0.25) is 0 Å². The predicted molar refractivity (Wildman–Crippen MR) is 113 cm³/mol. The van der Waals surface area contributed by atoms with Gasteiger partial charge in [-0.3, -0.25) is 4.79 Å². The van der Waals surface area contributed by atoms with Crippen LogP contribution in [0.2, 0.25) is 0 Å². The average Bonchev–Trinajstić information content (AvgIpc) is 2.76. The third-order valence-electron chi connectivity index (χ3n) is 3.52. The maximum atomic E-state index is 11.8. The van der Waals surface area contributed by atoms with Gasteiger partial charge in [-0.2, -0.15) is 0 Å². The van der Waals surface area contributed by atoms with Crippen LogP contribution in [-0.2, 0) is 4.74 Å². The maximum Gasteiger partial charge on any atom is 0.372 e. The van der Waals surface area contributed by atoms with Crippen molar-refractivity contribution in [3.63, 3.8) is 0 Å².